The van der Waals surface area contributed by atoms with E-state index in [0.717, 1.165) is 5.56 Å². The van der Waals surface area contributed by atoms with Crippen LogP contribution in [-0.4, -0.2) is 18.3 Å². The van der Waals surface area contributed by atoms with Gasteiger partial charge in [-0.15, -0.1) is 0 Å². The zero-order chi connectivity index (χ0) is 21.5. The average molecular weight is 411 g/mol. The van der Waals surface area contributed by atoms with Crippen LogP contribution in [0.15, 0.2) is 108 Å². The van der Waals surface area contributed by atoms with E-state index in [1.807, 2.05) is 54.6 Å². The molecule has 0 saturated heterocycles. The average Bonchev–Trinajstić information content (AvgIpc) is 3.37. The Morgan fingerprint density at radius 1 is 0.774 bits per heavy atom. The lowest BCUT2D eigenvalue weighted by Crippen LogP contribution is -2.33. The largest absolute Gasteiger partial charge is 0.484 e. The summed E-state index contributed by atoms with van der Waals surface area (Å²) in [7, 11) is 0. The highest BCUT2D eigenvalue weighted by molar-refractivity contribution is 6.08. The fourth-order valence-corrected chi connectivity index (χ4v) is 3.23. The molecule has 0 bridgehead atoms. The molecular weight excluding hydrogens is 390 g/mol. The van der Waals surface area contributed by atoms with Crippen LogP contribution < -0.4 is 10.1 Å². The topological polar surface area (TPSA) is 68.5 Å². The van der Waals surface area contributed by atoms with E-state index in [9.17, 15) is 9.59 Å². The zero-order valence-corrected chi connectivity index (χ0v) is 16.7. The van der Waals surface area contributed by atoms with Crippen LogP contribution >= 0.6 is 0 Å². The summed E-state index contributed by atoms with van der Waals surface area (Å²) >= 11 is 0. The number of ether oxygens (including phenoxy) is 1. The smallest absolute Gasteiger partial charge is 0.258 e. The van der Waals surface area contributed by atoms with Crippen molar-refractivity contribution < 1.29 is 18.7 Å². The van der Waals surface area contributed by atoms with Crippen molar-refractivity contribution in [2.24, 2.45) is 0 Å². The summed E-state index contributed by atoms with van der Waals surface area (Å²) in [6, 6.07) is 28.6. The Bertz CT molecular complexity index is 1120. The molecule has 4 aromatic rings. The molecule has 5 heteroatoms. The normalized spacial score (nSPS) is 11.5. The Morgan fingerprint density at radius 2 is 1.42 bits per heavy atom. The molecule has 3 aromatic carbocycles. The summed E-state index contributed by atoms with van der Waals surface area (Å²) in [6.07, 6.45) is 1.58. The number of ketones is 1. The van der Waals surface area contributed by atoms with Crippen molar-refractivity contribution in [1.82, 2.24) is 5.32 Å². The van der Waals surface area contributed by atoms with Gasteiger partial charge < -0.3 is 14.5 Å². The molecule has 0 aliphatic carbocycles. The van der Waals surface area contributed by atoms with Gasteiger partial charge in [-0.05, 0) is 42.0 Å². The fraction of sp³-hybridized carbons (Fsp3) is 0.0769. The Morgan fingerprint density at radius 3 is 2.06 bits per heavy atom. The Labute approximate surface area is 180 Å². The molecule has 1 aromatic heterocycles. The lowest BCUT2D eigenvalue weighted by Gasteiger charge is -2.17. The first-order valence-corrected chi connectivity index (χ1v) is 9.91. The first-order chi connectivity index (χ1) is 15.2. The fourth-order valence-electron chi connectivity index (χ4n) is 3.23. The van der Waals surface area contributed by atoms with Gasteiger partial charge in [0, 0.05) is 11.1 Å². The van der Waals surface area contributed by atoms with Crippen molar-refractivity contribution in [2.45, 2.75) is 6.04 Å². The lowest BCUT2D eigenvalue weighted by molar-refractivity contribution is -0.123. The summed E-state index contributed by atoms with van der Waals surface area (Å²) in [5.74, 6) is 0.807. The quantitative estimate of drug-likeness (QED) is 0.423. The number of nitrogens with one attached hydrogen (secondary N) is 1. The summed E-state index contributed by atoms with van der Waals surface area (Å²) in [5.41, 5.74) is 2.10. The SMILES string of the molecule is O=C(COc1ccc(C(=O)c2ccccc2)cc1)NC(c1ccccc1)c1ccco1. The van der Waals surface area contributed by atoms with Crippen molar-refractivity contribution >= 4 is 11.7 Å². The third-order valence-electron chi connectivity index (χ3n) is 4.79. The number of carbonyl (C=O) groups is 2. The van der Waals surface area contributed by atoms with Crippen LogP contribution in [0.4, 0.5) is 0 Å². The molecule has 4 rings (SSSR count). The molecule has 0 spiro atoms. The molecule has 31 heavy (non-hydrogen) atoms. The molecular formula is C26H21NO4. The van der Waals surface area contributed by atoms with Gasteiger partial charge in [0.2, 0.25) is 0 Å². The minimum absolute atomic E-state index is 0.0611. The van der Waals surface area contributed by atoms with Crippen LogP contribution in [0.5, 0.6) is 5.75 Å². The van der Waals surface area contributed by atoms with Gasteiger partial charge in [-0.3, -0.25) is 9.59 Å². The van der Waals surface area contributed by atoms with Crippen molar-refractivity contribution in [2.75, 3.05) is 6.61 Å². The summed E-state index contributed by atoms with van der Waals surface area (Å²) in [6.45, 7) is -0.157. The summed E-state index contributed by atoms with van der Waals surface area (Å²) in [5, 5.41) is 2.95. The third kappa shape index (κ3) is 5.08. The number of amides is 1. The van der Waals surface area contributed by atoms with E-state index in [0.29, 0.717) is 22.6 Å². The van der Waals surface area contributed by atoms with E-state index in [4.69, 9.17) is 9.15 Å². The molecule has 0 aliphatic heterocycles. The second-order valence-corrected chi connectivity index (χ2v) is 6.93. The maximum atomic E-state index is 12.5. The molecule has 0 fully saturated rings. The Balaban J connectivity index is 1.37. The zero-order valence-electron chi connectivity index (χ0n) is 16.7. The molecule has 1 atom stereocenters. The van der Waals surface area contributed by atoms with Gasteiger partial charge in [-0.25, -0.2) is 0 Å². The summed E-state index contributed by atoms with van der Waals surface area (Å²) in [4.78, 5) is 25.0. The van der Waals surface area contributed by atoms with Gasteiger partial charge in [-0.2, -0.15) is 0 Å². The highest BCUT2D eigenvalue weighted by atomic mass is 16.5. The van der Waals surface area contributed by atoms with Gasteiger partial charge in [0.25, 0.3) is 5.91 Å². The van der Waals surface area contributed by atoms with Gasteiger partial charge in [0.15, 0.2) is 12.4 Å². The van der Waals surface area contributed by atoms with Crippen molar-refractivity contribution in [3.8, 4) is 5.75 Å². The van der Waals surface area contributed by atoms with Crippen molar-refractivity contribution in [3.05, 3.63) is 126 Å². The van der Waals surface area contributed by atoms with Crippen LogP contribution in [0.25, 0.3) is 0 Å². The molecule has 0 radical (unpaired) electrons. The number of hydrogen-bond donors (Lipinski definition) is 1. The molecule has 1 heterocycles. The number of benzene rings is 3. The van der Waals surface area contributed by atoms with Gasteiger partial charge in [-0.1, -0.05) is 60.7 Å². The minimum atomic E-state index is -0.404. The monoisotopic (exact) mass is 411 g/mol. The number of carbonyl (C=O) groups excluding carboxylic acids is 2. The van der Waals surface area contributed by atoms with Crippen LogP contribution in [0, 0.1) is 0 Å². The van der Waals surface area contributed by atoms with Crippen LogP contribution in [0.1, 0.15) is 33.3 Å². The van der Waals surface area contributed by atoms with Crippen molar-refractivity contribution in [3.63, 3.8) is 0 Å². The first-order valence-electron chi connectivity index (χ1n) is 9.91. The van der Waals surface area contributed by atoms with E-state index in [1.54, 1.807) is 48.7 Å². The maximum Gasteiger partial charge on any atom is 0.258 e. The molecule has 154 valence electrons. The van der Waals surface area contributed by atoms with Gasteiger partial charge in [0.05, 0.1) is 6.26 Å². The van der Waals surface area contributed by atoms with Gasteiger partial charge >= 0.3 is 0 Å². The molecule has 5 nitrogen and oxygen atoms in total. The molecule has 0 saturated carbocycles. The molecule has 1 amide bonds. The molecule has 1 unspecified atom stereocenters. The van der Waals surface area contributed by atoms with Crippen LogP contribution in [0.3, 0.4) is 0 Å². The third-order valence-corrected chi connectivity index (χ3v) is 4.79. The second kappa shape index (κ2) is 9.59. The van der Waals surface area contributed by atoms with Gasteiger partial charge in [0.1, 0.15) is 17.6 Å². The number of furan rings is 1. The van der Waals surface area contributed by atoms with E-state index >= 15 is 0 Å². The standard InChI is InChI=1S/C26H21NO4/c28-24(27-25(23-12-7-17-30-23)19-8-3-1-4-9-19)18-31-22-15-13-21(14-16-22)26(29)20-10-5-2-6-11-20/h1-17,25H,18H2,(H,27,28). The predicted molar refractivity (Wildman–Crippen MR) is 117 cm³/mol. The second-order valence-electron chi connectivity index (χ2n) is 6.93. The Hall–Kier alpha value is -4.12. The number of rotatable bonds is 8. The van der Waals surface area contributed by atoms with Crippen LogP contribution in [0.2, 0.25) is 0 Å². The molecule has 1 N–H and O–H groups in total. The predicted octanol–water partition coefficient (Wildman–Crippen LogP) is 4.80. The Kier molecular flexibility index (Phi) is 6.24. The first kappa shape index (κ1) is 20.2. The minimum Gasteiger partial charge on any atom is -0.484 e. The lowest BCUT2D eigenvalue weighted by atomic mass is 10.0. The van der Waals surface area contributed by atoms with E-state index in [-0.39, 0.29) is 18.3 Å². The highest BCUT2D eigenvalue weighted by Crippen LogP contribution is 2.22. The highest BCUT2D eigenvalue weighted by Gasteiger charge is 2.19. The van der Waals surface area contributed by atoms with Crippen LogP contribution in [-0.2, 0) is 4.79 Å². The van der Waals surface area contributed by atoms with Crippen molar-refractivity contribution in [1.29, 1.82) is 0 Å². The maximum absolute atomic E-state index is 12.5. The summed E-state index contributed by atoms with van der Waals surface area (Å²) < 4.78 is 11.1. The van der Waals surface area contributed by atoms with E-state index in [1.165, 1.54) is 0 Å². The number of hydrogen-bond acceptors (Lipinski definition) is 4. The molecule has 0 aliphatic rings. The van der Waals surface area contributed by atoms with E-state index in [2.05, 4.69) is 5.32 Å². The van der Waals surface area contributed by atoms with E-state index < -0.39 is 6.04 Å².